The minimum atomic E-state index is -3.22. The number of hydrogen-bond acceptors (Lipinski definition) is 3. The standard InChI is InChI=1S/C16H27NO3SSi/c1-16(2,3)22(4,5)20-12-11-17-15-9-7-6-8-14(15)10-13-21(17,18)19/h6-9H,10-13H2,1-5H3. The Bertz CT molecular complexity index is 635. The van der Waals surface area contributed by atoms with Gasteiger partial charge >= 0.3 is 0 Å². The summed E-state index contributed by atoms with van der Waals surface area (Å²) < 4.78 is 32.4. The zero-order chi connectivity index (χ0) is 16.6. The number of benzene rings is 1. The topological polar surface area (TPSA) is 46.6 Å². The summed E-state index contributed by atoms with van der Waals surface area (Å²) in [4.78, 5) is 0. The number of para-hydroxylation sites is 1. The zero-order valence-corrected chi connectivity index (χ0v) is 16.0. The Balaban J connectivity index is 2.12. The predicted molar refractivity (Wildman–Crippen MR) is 94.4 cm³/mol. The molecular weight excluding hydrogens is 314 g/mol. The number of nitrogens with zero attached hydrogens (tertiary/aromatic N) is 1. The van der Waals surface area contributed by atoms with Crippen LogP contribution in [-0.4, -0.2) is 35.6 Å². The van der Waals surface area contributed by atoms with Gasteiger partial charge in [0.05, 0.1) is 24.6 Å². The van der Waals surface area contributed by atoms with E-state index in [-0.39, 0.29) is 10.8 Å². The number of fused-ring (bicyclic) bond motifs is 1. The number of sulfonamides is 1. The van der Waals surface area contributed by atoms with Crippen molar-refractivity contribution in [2.75, 3.05) is 23.2 Å². The summed E-state index contributed by atoms with van der Waals surface area (Å²) in [5, 5.41) is 0.131. The molecule has 1 heterocycles. The van der Waals surface area contributed by atoms with Crippen molar-refractivity contribution >= 4 is 24.0 Å². The van der Waals surface area contributed by atoms with Crippen LogP contribution >= 0.6 is 0 Å². The van der Waals surface area contributed by atoms with Gasteiger partial charge in [-0.15, -0.1) is 0 Å². The molecule has 6 heteroatoms. The molecular formula is C16H27NO3SSi. The molecule has 1 aliphatic rings. The lowest BCUT2D eigenvalue weighted by molar-refractivity contribution is 0.298. The Hall–Kier alpha value is -0.853. The second-order valence-corrected chi connectivity index (χ2v) is 14.2. The van der Waals surface area contributed by atoms with E-state index in [4.69, 9.17) is 4.43 Å². The fourth-order valence-electron chi connectivity index (χ4n) is 2.32. The van der Waals surface area contributed by atoms with E-state index in [9.17, 15) is 8.42 Å². The molecule has 0 aliphatic carbocycles. The molecule has 0 atom stereocenters. The van der Waals surface area contributed by atoms with Gasteiger partial charge in [0.15, 0.2) is 8.32 Å². The van der Waals surface area contributed by atoms with Crippen molar-refractivity contribution in [1.29, 1.82) is 0 Å². The molecule has 0 fully saturated rings. The SMILES string of the molecule is CC(C)(C)[Si](C)(C)OCCN1c2ccccc2CCS1(=O)=O. The maximum atomic E-state index is 12.4. The molecule has 0 amide bonds. The van der Waals surface area contributed by atoms with Gasteiger partial charge in [0.2, 0.25) is 10.0 Å². The van der Waals surface area contributed by atoms with Crippen LogP contribution in [0.4, 0.5) is 5.69 Å². The first-order valence-electron chi connectivity index (χ1n) is 7.77. The highest BCUT2D eigenvalue weighted by molar-refractivity contribution is 7.92. The molecule has 0 spiro atoms. The Morgan fingerprint density at radius 3 is 2.50 bits per heavy atom. The van der Waals surface area contributed by atoms with Gasteiger partial charge in [-0.05, 0) is 36.2 Å². The van der Waals surface area contributed by atoms with Crippen molar-refractivity contribution in [3.63, 3.8) is 0 Å². The summed E-state index contributed by atoms with van der Waals surface area (Å²) >= 11 is 0. The summed E-state index contributed by atoms with van der Waals surface area (Å²) in [6.45, 7) is 11.8. The molecule has 22 heavy (non-hydrogen) atoms. The van der Waals surface area contributed by atoms with Crippen molar-refractivity contribution in [3.8, 4) is 0 Å². The average molecular weight is 342 g/mol. The van der Waals surface area contributed by atoms with Crippen LogP contribution in [0.25, 0.3) is 0 Å². The third kappa shape index (κ3) is 3.55. The van der Waals surface area contributed by atoms with E-state index in [0.29, 0.717) is 19.6 Å². The molecule has 0 bridgehead atoms. The lowest BCUT2D eigenvalue weighted by Crippen LogP contribution is -2.45. The monoisotopic (exact) mass is 341 g/mol. The average Bonchev–Trinajstić information content (AvgIpc) is 2.40. The summed E-state index contributed by atoms with van der Waals surface area (Å²) in [6.07, 6.45) is 0.595. The van der Waals surface area contributed by atoms with Crippen LogP contribution in [0.2, 0.25) is 18.1 Å². The van der Waals surface area contributed by atoms with Crippen LogP contribution in [0.3, 0.4) is 0 Å². The van der Waals surface area contributed by atoms with Crippen molar-refractivity contribution in [2.45, 2.75) is 45.3 Å². The fraction of sp³-hybridized carbons (Fsp3) is 0.625. The molecule has 2 rings (SSSR count). The summed E-state index contributed by atoms with van der Waals surface area (Å²) in [5.74, 6) is 0.185. The maximum Gasteiger partial charge on any atom is 0.235 e. The van der Waals surface area contributed by atoms with Crippen molar-refractivity contribution in [1.82, 2.24) is 0 Å². The van der Waals surface area contributed by atoms with E-state index in [1.54, 1.807) is 0 Å². The third-order valence-electron chi connectivity index (χ3n) is 4.79. The quantitative estimate of drug-likeness (QED) is 0.789. The van der Waals surface area contributed by atoms with E-state index in [1.807, 2.05) is 24.3 Å². The van der Waals surface area contributed by atoms with E-state index in [1.165, 1.54) is 4.31 Å². The molecule has 0 aromatic heterocycles. The normalized spacial score (nSPS) is 18.1. The summed E-state index contributed by atoms with van der Waals surface area (Å²) in [6, 6.07) is 7.74. The molecule has 0 N–H and O–H groups in total. The molecule has 0 saturated heterocycles. The van der Waals surface area contributed by atoms with Gasteiger partial charge in [-0.1, -0.05) is 39.0 Å². The van der Waals surface area contributed by atoms with Gasteiger partial charge < -0.3 is 4.43 Å². The lowest BCUT2D eigenvalue weighted by Gasteiger charge is -2.37. The molecule has 0 radical (unpaired) electrons. The largest absolute Gasteiger partial charge is 0.415 e. The number of anilines is 1. The highest BCUT2D eigenvalue weighted by Gasteiger charge is 2.37. The Morgan fingerprint density at radius 2 is 1.86 bits per heavy atom. The Labute approximate surface area is 135 Å². The van der Waals surface area contributed by atoms with Crippen LogP contribution in [-0.2, 0) is 20.9 Å². The molecule has 1 aromatic carbocycles. The van der Waals surface area contributed by atoms with Crippen molar-refractivity contribution in [2.24, 2.45) is 0 Å². The highest BCUT2D eigenvalue weighted by atomic mass is 32.2. The predicted octanol–water partition coefficient (Wildman–Crippen LogP) is 3.40. The van der Waals surface area contributed by atoms with Gasteiger partial charge in [0.1, 0.15) is 0 Å². The van der Waals surface area contributed by atoms with Crippen LogP contribution in [0, 0.1) is 0 Å². The van der Waals surface area contributed by atoms with Crippen LogP contribution in [0.15, 0.2) is 24.3 Å². The van der Waals surface area contributed by atoms with Gasteiger partial charge in [-0.2, -0.15) is 0 Å². The van der Waals surface area contributed by atoms with E-state index in [2.05, 4.69) is 33.9 Å². The van der Waals surface area contributed by atoms with Crippen LogP contribution < -0.4 is 4.31 Å². The molecule has 1 aromatic rings. The van der Waals surface area contributed by atoms with Gasteiger partial charge in [0, 0.05) is 0 Å². The number of aryl methyl sites for hydroxylation is 1. The van der Waals surface area contributed by atoms with E-state index < -0.39 is 18.3 Å². The van der Waals surface area contributed by atoms with E-state index >= 15 is 0 Å². The molecule has 0 unspecified atom stereocenters. The Morgan fingerprint density at radius 1 is 1.23 bits per heavy atom. The first kappa shape index (κ1) is 17.5. The molecule has 0 saturated carbocycles. The number of hydrogen-bond donors (Lipinski definition) is 0. The first-order chi connectivity index (χ1) is 10.0. The van der Waals surface area contributed by atoms with Gasteiger partial charge in [0.25, 0.3) is 0 Å². The Kier molecular flexibility index (Phi) is 4.76. The lowest BCUT2D eigenvalue weighted by atomic mass is 10.1. The molecule has 124 valence electrons. The minimum absolute atomic E-state index is 0.131. The maximum absolute atomic E-state index is 12.4. The van der Waals surface area contributed by atoms with Gasteiger partial charge in [-0.3, -0.25) is 4.31 Å². The minimum Gasteiger partial charge on any atom is -0.415 e. The molecule has 1 aliphatic heterocycles. The highest BCUT2D eigenvalue weighted by Crippen LogP contribution is 2.36. The van der Waals surface area contributed by atoms with Crippen LogP contribution in [0.1, 0.15) is 26.3 Å². The van der Waals surface area contributed by atoms with Crippen LogP contribution in [0.5, 0.6) is 0 Å². The van der Waals surface area contributed by atoms with Gasteiger partial charge in [-0.25, -0.2) is 8.42 Å². The fourth-order valence-corrected chi connectivity index (χ4v) is 4.89. The molecule has 4 nitrogen and oxygen atoms in total. The summed E-state index contributed by atoms with van der Waals surface area (Å²) in [7, 11) is -5.07. The third-order valence-corrected chi connectivity index (χ3v) is 11.1. The number of rotatable bonds is 4. The second kappa shape index (κ2) is 5.98. The summed E-state index contributed by atoms with van der Waals surface area (Å²) in [5.41, 5.74) is 1.91. The van der Waals surface area contributed by atoms with Crippen molar-refractivity contribution in [3.05, 3.63) is 29.8 Å². The van der Waals surface area contributed by atoms with Crippen molar-refractivity contribution < 1.29 is 12.8 Å². The zero-order valence-electron chi connectivity index (χ0n) is 14.2. The smallest absolute Gasteiger partial charge is 0.235 e. The first-order valence-corrected chi connectivity index (χ1v) is 12.3. The van der Waals surface area contributed by atoms with E-state index in [0.717, 1.165) is 11.3 Å². The second-order valence-electron chi connectivity index (χ2n) is 7.38.